The molecule has 1 aliphatic rings. The van der Waals surface area contributed by atoms with Crippen molar-refractivity contribution >= 4 is 22.1 Å². The molecule has 0 unspecified atom stereocenters. The number of quaternary nitrogens is 1. The van der Waals surface area contributed by atoms with E-state index in [1.54, 1.807) is 18.1 Å². The predicted molar refractivity (Wildman–Crippen MR) is 112 cm³/mol. The van der Waals surface area contributed by atoms with E-state index in [1.165, 1.54) is 16.7 Å². The van der Waals surface area contributed by atoms with Gasteiger partial charge in [-0.25, -0.2) is 0 Å². The van der Waals surface area contributed by atoms with Crippen LogP contribution in [-0.2, 0) is 6.54 Å². The van der Waals surface area contributed by atoms with Gasteiger partial charge in [-0.3, -0.25) is 5.01 Å². The Kier molecular flexibility index (Phi) is 6.39. The standard InChI is InChI=1S/C21H26BrN3O2/c1-15-4-5-18(16(2)10-15)14-24-6-8-25(9-7-24)23-13-17-11-19(22)21(26)20(12-17)27-3/h4-5,10-13,26H,6-9,14H2,1-3H3/p+1/b23-13+. The Morgan fingerprint density at radius 1 is 1.22 bits per heavy atom. The topological polar surface area (TPSA) is 49.5 Å². The molecule has 144 valence electrons. The molecule has 1 saturated heterocycles. The van der Waals surface area contributed by atoms with Crippen LogP contribution in [0.5, 0.6) is 11.5 Å². The first-order valence-electron chi connectivity index (χ1n) is 9.21. The van der Waals surface area contributed by atoms with Crippen LogP contribution in [0, 0.1) is 13.8 Å². The summed E-state index contributed by atoms with van der Waals surface area (Å²) in [6, 6.07) is 10.3. The predicted octanol–water partition coefficient (Wildman–Crippen LogP) is 2.51. The van der Waals surface area contributed by atoms with Crippen LogP contribution in [-0.4, -0.2) is 49.6 Å². The van der Waals surface area contributed by atoms with E-state index >= 15 is 0 Å². The van der Waals surface area contributed by atoms with Gasteiger partial charge in [0.1, 0.15) is 6.54 Å². The smallest absolute Gasteiger partial charge is 0.172 e. The number of hydrogen-bond acceptors (Lipinski definition) is 4. The van der Waals surface area contributed by atoms with Crippen molar-refractivity contribution in [3.63, 3.8) is 0 Å². The lowest BCUT2D eigenvalue weighted by Crippen LogP contribution is -3.13. The van der Waals surface area contributed by atoms with Crippen LogP contribution in [0.4, 0.5) is 0 Å². The number of ether oxygens (including phenoxy) is 1. The van der Waals surface area contributed by atoms with Gasteiger partial charge in [0.05, 0.1) is 44.0 Å². The SMILES string of the molecule is COc1cc(/C=N/N2CC[NH+](Cc3ccc(C)cc3C)CC2)cc(Br)c1O. The highest BCUT2D eigenvalue weighted by Gasteiger charge is 2.19. The van der Waals surface area contributed by atoms with Crippen molar-refractivity contribution in [2.75, 3.05) is 33.3 Å². The molecule has 0 aromatic heterocycles. The number of phenolic OH excluding ortho intramolecular Hbond substituents is 1. The Morgan fingerprint density at radius 3 is 2.63 bits per heavy atom. The Balaban J connectivity index is 1.56. The first-order valence-corrected chi connectivity index (χ1v) is 10.0. The molecular weight excluding hydrogens is 406 g/mol. The molecule has 0 spiro atoms. The minimum absolute atomic E-state index is 0.110. The second-order valence-corrected chi connectivity index (χ2v) is 7.96. The van der Waals surface area contributed by atoms with Gasteiger partial charge in [0.15, 0.2) is 11.5 Å². The number of nitrogens with one attached hydrogen (secondary N) is 1. The number of hydrazone groups is 1. The van der Waals surface area contributed by atoms with Gasteiger partial charge in [-0.05, 0) is 53.0 Å². The molecule has 0 atom stereocenters. The van der Waals surface area contributed by atoms with Gasteiger partial charge in [0, 0.05) is 5.56 Å². The number of nitrogens with zero attached hydrogens (tertiary/aromatic N) is 2. The third-order valence-electron chi connectivity index (χ3n) is 5.03. The lowest BCUT2D eigenvalue weighted by molar-refractivity contribution is -0.918. The summed E-state index contributed by atoms with van der Waals surface area (Å²) in [4.78, 5) is 1.60. The Hall–Kier alpha value is -2.05. The Bertz CT molecular complexity index is 830. The molecule has 1 fully saturated rings. The maximum absolute atomic E-state index is 9.89. The van der Waals surface area contributed by atoms with Crippen LogP contribution in [0.25, 0.3) is 0 Å². The zero-order chi connectivity index (χ0) is 19.4. The Morgan fingerprint density at radius 2 is 1.96 bits per heavy atom. The van der Waals surface area contributed by atoms with E-state index in [2.05, 4.69) is 58.1 Å². The fourth-order valence-corrected chi connectivity index (χ4v) is 3.85. The van der Waals surface area contributed by atoms with Crippen molar-refractivity contribution < 1.29 is 14.7 Å². The zero-order valence-corrected chi connectivity index (χ0v) is 17.7. The van der Waals surface area contributed by atoms with Crippen LogP contribution >= 0.6 is 15.9 Å². The third-order valence-corrected chi connectivity index (χ3v) is 5.63. The summed E-state index contributed by atoms with van der Waals surface area (Å²) in [6.45, 7) is 9.45. The maximum Gasteiger partial charge on any atom is 0.172 e. The van der Waals surface area contributed by atoms with Gasteiger partial charge < -0.3 is 14.7 Å². The van der Waals surface area contributed by atoms with Crippen molar-refractivity contribution in [3.8, 4) is 11.5 Å². The number of aryl methyl sites for hydroxylation is 2. The van der Waals surface area contributed by atoms with Crippen molar-refractivity contribution in [3.05, 3.63) is 57.1 Å². The van der Waals surface area contributed by atoms with E-state index in [0.717, 1.165) is 38.3 Å². The maximum atomic E-state index is 9.89. The van der Waals surface area contributed by atoms with Crippen LogP contribution in [0.2, 0.25) is 0 Å². The number of phenols is 1. The van der Waals surface area contributed by atoms with Crippen molar-refractivity contribution in [1.29, 1.82) is 0 Å². The molecule has 2 aromatic carbocycles. The molecule has 0 aliphatic carbocycles. The fraction of sp³-hybridized carbons (Fsp3) is 0.381. The average Bonchev–Trinajstić information content (AvgIpc) is 2.66. The van der Waals surface area contributed by atoms with E-state index in [9.17, 15) is 5.11 Å². The van der Waals surface area contributed by atoms with E-state index in [0.29, 0.717) is 10.2 Å². The van der Waals surface area contributed by atoms with Gasteiger partial charge >= 0.3 is 0 Å². The highest BCUT2D eigenvalue weighted by atomic mass is 79.9. The number of aromatic hydroxyl groups is 1. The van der Waals surface area contributed by atoms with Crippen molar-refractivity contribution in [1.82, 2.24) is 5.01 Å². The van der Waals surface area contributed by atoms with Crippen molar-refractivity contribution in [2.24, 2.45) is 5.10 Å². The molecule has 6 heteroatoms. The molecule has 5 nitrogen and oxygen atoms in total. The lowest BCUT2D eigenvalue weighted by Gasteiger charge is -2.30. The van der Waals surface area contributed by atoms with Crippen LogP contribution in [0.1, 0.15) is 22.3 Å². The monoisotopic (exact) mass is 432 g/mol. The average molecular weight is 433 g/mol. The third kappa shape index (κ3) is 5.02. The van der Waals surface area contributed by atoms with Gasteiger partial charge in [-0.1, -0.05) is 23.8 Å². The minimum Gasteiger partial charge on any atom is -0.503 e. The molecule has 1 aliphatic heterocycles. The van der Waals surface area contributed by atoms with Gasteiger partial charge in [-0.15, -0.1) is 0 Å². The number of halogens is 1. The summed E-state index contributed by atoms with van der Waals surface area (Å²) in [6.07, 6.45) is 1.82. The molecule has 27 heavy (non-hydrogen) atoms. The summed E-state index contributed by atoms with van der Waals surface area (Å²) in [7, 11) is 1.54. The summed E-state index contributed by atoms with van der Waals surface area (Å²) in [5.41, 5.74) is 5.04. The molecule has 3 rings (SSSR count). The van der Waals surface area contributed by atoms with Crippen LogP contribution < -0.4 is 9.64 Å². The second kappa shape index (κ2) is 8.76. The molecular formula is C21H27BrN3O2+. The van der Waals surface area contributed by atoms with E-state index < -0.39 is 0 Å². The molecule has 2 N–H and O–H groups in total. The van der Waals surface area contributed by atoms with Gasteiger partial charge in [0.25, 0.3) is 0 Å². The largest absolute Gasteiger partial charge is 0.503 e. The van der Waals surface area contributed by atoms with Crippen molar-refractivity contribution in [2.45, 2.75) is 20.4 Å². The first kappa shape index (κ1) is 19.7. The number of methoxy groups -OCH3 is 1. The normalized spacial score (nSPS) is 15.5. The first-order chi connectivity index (χ1) is 13.0. The fourth-order valence-electron chi connectivity index (χ4n) is 3.39. The van der Waals surface area contributed by atoms with Gasteiger partial charge in [0.2, 0.25) is 0 Å². The molecule has 0 amide bonds. The van der Waals surface area contributed by atoms with E-state index in [-0.39, 0.29) is 5.75 Å². The molecule has 0 saturated carbocycles. The number of benzene rings is 2. The highest BCUT2D eigenvalue weighted by molar-refractivity contribution is 9.10. The number of rotatable bonds is 5. The highest BCUT2D eigenvalue weighted by Crippen LogP contribution is 2.34. The van der Waals surface area contributed by atoms with E-state index in [1.807, 2.05) is 12.3 Å². The number of piperazine rings is 1. The van der Waals surface area contributed by atoms with Gasteiger partial charge in [-0.2, -0.15) is 5.10 Å². The number of hydrogen-bond donors (Lipinski definition) is 2. The molecule has 1 heterocycles. The summed E-state index contributed by atoms with van der Waals surface area (Å²) >= 11 is 3.34. The molecule has 0 radical (unpaired) electrons. The summed E-state index contributed by atoms with van der Waals surface area (Å²) in [5.74, 6) is 0.548. The minimum atomic E-state index is 0.110. The lowest BCUT2D eigenvalue weighted by atomic mass is 10.1. The van der Waals surface area contributed by atoms with E-state index in [4.69, 9.17) is 4.74 Å². The van der Waals surface area contributed by atoms with Crippen LogP contribution in [0.3, 0.4) is 0 Å². The summed E-state index contributed by atoms with van der Waals surface area (Å²) < 4.78 is 5.79. The zero-order valence-electron chi connectivity index (χ0n) is 16.1. The molecule has 2 aromatic rings. The quantitative estimate of drug-likeness (QED) is 0.713. The summed E-state index contributed by atoms with van der Waals surface area (Å²) in [5, 5.41) is 16.6. The van der Waals surface area contributed by atoms with Crippen LogP contribution in [0.15, 0.2) is 39.9 Å². The molecule has 0 bridgehead atoms. The Labute approximate surface area is 169 Å². The second-order valence-electron chi connectivity index (χ2n) is 7.11.